The standard InChI is InChI=1S/C17H22N2O2/c1-16(12-6-4-3-5-7-12)10-14(20)19(15(16)21)17(2,11-18)13-8-9-13/h3-7,13H,8-11,18H2,1-2H3. The molecule has 2 N–H and O–H groups in total. The van der Waals surface area contributed by atoms with E-state index in [1.807, 2.05) is 44.2 Å². The third-order valence-electron chi connectivity index (χ3n) is 5.22. The lowest BCUT2D eigenvalue weighted by molar-refractivity contribution is -0.147. The number of imide groups is 1. The van der Waals surface area contributed by atoms with E-state index in [4.69, 9.17) is 5.73 Å². The Kier molecular flexibility index (Phi) is 3.17. The predicted molar refractivity (Wildman–Crippen MR) is 80.4 cm³/mol. The van der Waals surface area contributed by atoms with Crippen LogP contribution in [0, 0.1) is 5.92 Å². The minimum absolute atomic E-state index is 0.0915. The van der Waals surface area contributed by atoms with Crippen LogP contribution in [-0.4, -0.2) is 28.8 Å². The van der Waals surface area contributed by atoms with Crippen LogP contribution in [0.4, 0.5) is 0 Å². The molecule has 1 aliphatic heterocycles. The van der Waals surface area contributed by atoms with E-state index in [0.717, 1.165) is 18.4 Å². The van der Waals surface area contributed by atoms with Crippen LogP contribution in [0.25, 0.3) is 0 Å². The fourth-order valence-corrected chi connectivity index (χ4v) is 3.51. The molecule has 112 valence electrons. The maximum absolute atomic E-state index is 13.0. The second-order valence-corrected chi connectivity index (χ2v) is 6.74. The first kappa shape index (κ1) is 14.3. The van der Waals surface area contributed by atoms with Gasteiger partial charge in [-0.15, -0.1) is 0 Å². The first-order chi connectivity index (χ1) is 9.93. The lowest BCUT2D eigenvalue weighted by Gasteiger charge is -2.38. The number of carbonyl (C=O) groups is 2. The maximum atomic E-state index is 13.0. The van der Waals surface area contributed by atoms with Crippen molar-refractivity contribution < 1.29 is 9.59 Å². The summed E-state index contributed by atoms with van der Waals surface area (Å²) in [4.78, 5) is 27.1. The van der Waals surface area contributed by atoms with Gasteiger partial charge in [0.25, 0.3) is 0 Å². The summed E-state index contributed by atoms with van der Waals surface area (Å²) in [5.74, 6) is 0.165. The van der Waals surface area contributed by atoms with Gasteiger partial charge < -0.3 is 5.73 Å². The van der Waals surface area contributed by atoms with Crippen LogP contribution in [0.1, 0.15) is 38.7 Å². The molecule has 1 aromatic rings. The average molecular weight is 286 g/mol. The summed E-state index contributed by atoms with van der Waals surface area (Å²) < 4.78 is 0. The minimum Gasteiger partial charge on any atom is -0.328 e. The predicted octanol–water partition coefficient (Wildman–Crippen LogP) is 1.83. The normalized spacial score (nSPS) is 28.8. The molecule has 2 fully saturated rings. The van der Waals surface area contributed by atoms with Crippen molar-refractivity contribution in [1.82, 2.24) is 4.90 Å². The summed E-state index contributed by atoms with van der Waals surface area (Å²) in [5.41, 5.74) is 5.55. The number of carbonyl (C=O) groups excluding carboxylic acids is 2. The summed E-state index contributed by atoms with van der Waals surface area (Å²) in [7, 11) is 0. The Balaban J connectivity index is 1.99. The topological polar surface area (TPSA) is 63.4 Å². The third kappa shape index (κ3) is 2.01. The fraction of sp³-hybridized carbons (Fsp3) is 0.529. The quantitative estimate of drug-likeness (QED) is 0.859. The van der Waals surface area contributed by atoms with E-state index >= 15 is 0 Å². The van der Waals surface area contributed by atoms with Crippen molar-refractivity contribution in [2.75, 3.05) is 6.54 Å². The molecule has 1 saturated carbocycles. The third-order valence-corrected chi connectivity index (χ3v) is 5.22. The Hall–Kier alpha value is -1.68. The zero-order chi connectivity index (χ0) is 15.3. The molecule has 0 aromatic heterocycles. The molecule has 1 aliphatic carbocycles. The molecule has 1 saturated heterocycles. The van der Waals surface area contributed by atoms with E-state index in [0.29, 0.717) is 12.5 Å². The second-order valence-electron chi connectivity index (χ2n) is 6.74. The van der Waals surface area contributed by atoms with Crippen LogP contribution in [0.3, 0.4) is 0 Å². The maximum Gasteiger partial charge on any atom is 0.240 e. The van der Waals surface area contributed by atoms with E-state index in [9.17, 15) is 9.59 Å². The number of benzene rings is 1. The molecule has 4 heteroatoms. The monoisotopic (exact) mass is 286 g/mol. The second kappa shape index (κ2) is 4.67. The van der Waals surface area contributed by atoms with Gasteiger partial charge in [-0.05, 0) is 38.2 Å². The van der Waals surface area contributed by atoms with Crippen molar-refractivity contribution in [3.05, 3.63) is 35.9 Å². The molecule has 2 amide bonds. The van der Waals surface area contributed by atoms with Crippen molar-refractivity contribution in [2.24, 2.45) is 11.7 Å². The number of amides is 2. The van der Waals surface area contributed by atoms with E-state index in [1.165, 1.54) is 4.90 Å². The number of hydrogen-bond donors (Lipinski definition) is 1. The van der Waals surface area contributed by atoms with Crippen molar-refractivity contribution in [2.45, 2.75) is 44.1 Å². The van der Waals surface area contributed by atoms with Crippen molar-refractivity contribution >= 4 is 11.8 Å². The summed E-state index contributed by atoms with van der Waals surface area (Å²) in [6, 6.07) is 9.57. The van der Waals surface area contributed by atoms with Gasteiger partial charge in [0.1, 0.15) is 0 Å². The molecule has 3 rings (SSSR count). The first-order valence-corrected chi connectivity index (χ1v) is 7.56. The largest absolute Gasteiger partial charge is 0.328 e. The highest BCUT2D eigenvalue weighted by Gasteiger charge is 2.58. The molecule has 4 nitrogen and oxygen atoms in total. The molecule has 0 spiro atoms. The average Bonchev–Trinajstić information content (AvgIpc) is 3.29. The number of nitrogens with zero attached hydrogens (tertiary/aromatic N) is 1. The van der Waals surface area contributed by atoms with Gasteiger partial charge >= 0.3 is 0 Å². The highest BCUT2D eigenvalue weighted by Crippen LogP contribution is 2.47. The lowest BCUT2D eigenvalue weighted by Crippen LogP contribution is -2.57. The Morgan fingerprint density at radius 1 is 1.29 bits per heavy atom. The molecule has 2 unspecified atom stereocenters. The van der Waals surface area contributed by atoms with Gasteiger partial charge in [-0.1, -0.05) is 30.3 Å². The van der Waals surface area contributed by atoms with E-state index in [-0.39, 0.29) is 18.2 Å². The van der Waals surface area contributed by atoms with Crippen molar-refractivity contribution in [3.63, 3.8) is 0 Å². The zero-order valence-electron chi connectivity index (χ0n) is 12.6. The first-order valence-electron chi connectivity index (χ1n) is 7.56. The van der Waals surface area contributed by atoms with Crippen molar-refractivity contribution in [1.29, 1.82) is 0 Å². The molecule has 2 atom stereocenters. The van der Waals surface area contributed by atoms with E-state index in [1.54, 1.807) is 0 Å². The van der Waals surface area contributed by atoms with Crippen LogP contribution in [0.2, 0.25) is 0 Å². The Morgan fingerprint density at radius 2 is 1.90 bits per heavy atom. The Bertz CT molecular complexity index is 582. The van der Waals surface area contributed by atoms with Gasteiger partial charge in [-0.3, -0.25) is 14.5 Å². The van der Waals surface area contributed by atoms with E-state index in [2.05, 4.69) is 0 Å². The van der Waals surface area contributed by atoms with Crippen LogP contribution < -0.4 is 5.73 Å². The smallest absolute Gasteiger partial charge is 0.240 e. The molecule has 21 heavy (non-hydrogen) atoms. The molecule has 2 aliphatic rings. The van der Waals surface area contributed by atoms with Crippen LogP contribution >= 0.6 is 0 Å². The molecule has 0 bridgehead atoms. The van der Waals surface area contributed by atoms with E-state index < -0.39 is 11.0 Å². The van der Waals surface area contributed by atoms with Gasteiger partial charge in [-0.2, -0.15) is 0 Å². The Morgan fingerprint density at radius 3 is 2.43 bits per heavy atom. The molecular weight excluding hydrogens is 264 g/mol. The van der Waals surface area contributed by atoms with Gasteiger partial charge in [-0.25, -0.2) is 0 Å². The van der Waals surface area contributed by atoms with Crippen LogP contribution in [0.5, 0.6) is 0 Å². The summed E-state index contributed by atoms with van der Waals surface area (Å²) in [6.45, 7) is 4.16. The number of hydrogen-bond acceptors (Lipinski definition) is 3. The zero-order valence-corrected chi connectivity index (χ0v) is 12.6. The Labute approximate surface area is 125 Å². The molecule has 0 radical (unpaired) electrons. The van der Waals surface area contributed by atoms with Gasteiger partial charge in [0.15, 0.2) is 0 Å². The number of rotatable bonds is 4. The lowest BCUT2D eigenvalue weighted by atomic mass is 9.80. The minimum atomic E-state index is -0.760. The summed E-state index contributed by atoms with van der Waals surface area (Å²) in [6.07, 6.45) is 2.33. The van der Waals surface area contributed by atoms with Crippen LogP contribution in [0.15, 0.2) is 30.3 Å². The number of nitrogens with two attached hydrogens (primary N) is 1. The van der Waals surface area contributed by atoms with Crippen molar-refractivity contribution in [3.8, 4) is 0 Å². The highest BCUT2D eigenvalue weighted by atomic mass is 16.2. The van der Waals surface area contributed by atoms with Crippen LogP contribution in [-0.2, 0) is 15.0 Å². The highest BCUT2D eigenvalue weighted by molar-refractivity contribution is 6.09. The molecule has 1 heterocycles. The summed E-state index contributed by atoms with van der Waals surface area (Å²) in [5, 5.41) is 0. The SMILES string of the molecule is CC1(c2ccccc2)CC(=O)N(C(C)(CN)C2CC2)C1=O. The van der Waals surface area contributed by atoms with Gasteiger partial charge in [0, 0.05) is 13.0 Å². The number of likely N-dealkylation sites (tertiary alicyclic amines) is 1. The van der Waals surface area contributed by atoms with Gasteiger partial charge in [0.2, 0.25) is 11.8 Å². The summed E-state index contributed by atoms with van der Waals surface area (Å²) >= 11 is 0. The fourth-order valence-electron chi connectivity index (χ4n) is 3.51. The molecular formula is C17H22N2O2. The van der Waals surface area contributed by atoms with Gasteiger partial charge in [0.05, 0.1) is 11.0 Å². The molecule has 1 aromatic carbocycles.